The van der Waals surface area contributed by atoms with E-state index in [9.17, 15) is 57.7 Å². The van der Waals surface area contributed by atoms with Crippen molar-refractivity contribution in [2.75, 3.05) is 153 Å². The normalized spacial score (nSPS) is 24.9. The van der Waals surface area contributed by atoms with Gasteiger partial charge in [0.05, 0.1) is 109 Å². The number of aromatic nitrogens is 7. The van der Waals surface area contributed by atoms with Gasteiger partial charge in [0.1, 0.15) is 61.4 Å². The molecule has 14 rings (SSSR count). The van der Waals surface area contributed by atoms with Crippen LogP contribution in [0, 0.1) is 11.8 Å². The Labute approximate surface area is 728 Å². The molecule has 682 valence electrons. The van der Waals surface area contributed by atoms with Crippen LogP contribution in [0.3, 0.4) is 0 Å². The van der Waals surface area contributed by atoms with Crippen molar-refractivity contribution in [3.8, 4) is 0 Å². The first kappa shape index (κ1) is 100. The fourth-order valence-electron chi connectivity index (χ4n) is 15.4. The summed E-state index contributed by atoms with van der Waals surface area (Å²) < 4.78 is 76.1. The summed E-state index contributed by atoms with van der Waals surface area (Å²) in [4.78, 5) is 45.4. The van der Waals surface area contributed by atoms with Gasteiger partial charge in [0.2, 0.25) is 0 Å². The number of nitrogens with zero attached hydrogens (tertiary/aromatic N) is 14. The van der Waals surface area contributed by atoms with Gasteiger partial charge in [-0.05, 0) is 171 Å². The molecule has 7 N–H and O–H groups in total. The van der Waals surface area contributed by atoms with Crippen LogP contribution in [0.15, 0.2) is 128 Å². The topological polar surface area (TPSA) is 273 Å². The number of aliphatic hydroxyl groups excluding tert-OH is 7. The van der Waals surface area contributed by atoms with Crippen molar-refractivity contribution in [3.63, 3.8) is 0 Å². The molecule has 7 aliphatic rings. The predicted molar refractivity (Wildman–Crippen MR) is 483 cm³/mol. The number of halogens is 5. The first-order chi connectivity index (χ1) is 58.6. The molecular weight excluding hydrogens is 1580 g/mol. The highest BCUT2D eigenvalue weighted by molar-refractivity contribution is 5.51. The van der Waals surface area contributed by atoms with E-state index in [4.69, 9.17) is 9.47 Å². The lowest BCUT2D eigenvalue weighted by molar-refractivity contribution is 0.0357. The van der Waals surface area contributed by atoms with Crippen molar-refractivity contribution in [1.82, 2.24) is 34.9 Å². The summed E-state index contributed by atoms with van der Waals surface area (Å²) in [6, 6.07) is 28.4. The van der Waals surface area contributed by atoms with Gasteiger partial charge in [0.25, 0.3) is 0 Å². The Kier molecular flexibility index (Phi) is 40.6. The Hall–Kier alpha value is -8.06. The van der Waals surface area contributed by atoms with Crippen LogP contribution < -0.4 is 34.3 Å². The van der Waals surface area contributed by atoms with Crippen LogP contribution in [0.5, 0.6) is 0 Å². The third-order valence-electron chi connectivity index (χ3n) is 23.7. The number of alkyl halides is 5. The van der Waals surface area contributed by atoms with E-state index in [1.165, 1.54) is 0 Å². The molecule has 7 aliphatic heterocycles. The zero-order valence-corrected chi connectivity index (χ0v) is 75.6. The maximum atomic E-state index is 13.1. The molecule has 7 fully saturated rings. The van der Waals surface area contributed by atoms with Crippen molar-refractivity contribution in [2.24, 2.45) is 11.8 Å². The van der Waals surface area contributed by atoms with Gasteiger partial charge in [-0.15, -0.1) is 0 Å². The van der Waals surface area contributed by atoms with Crippen molar-refractivity contribution in [2.45, 2.75) is 257 Å². The lowest BCUT2D eigenvalue weighted by Gasteiger charge is -2.37. The quantitative estimate of drug-likeness (QED) is 0.0393. The predicted octanol–water partition coefficient (Wildman–Crippen LogP) is 14.6. The summed E-state index contributed by atoms with van der Waals surface area (Å²) in [5, 5.41) is 67.5. The van der Waals surface area contributed by atoms with Crippen LogP contribution in [0.2, 0.25) is 0 Å². The van der Waals surface area contributed by atoms with Crippen LogP contribution in [-0.4, -0.2) is 263 Å². The average molecular weight is 1720 g/mol. The number of ether oxygens (including phenoxy) is 2. The molecule has 7 saturated heterocycles. The van der Waals surface area contributed by atoms with Crippen LogP contribution in [-0.2, 0) is 9.47 Å². The van der Waals surface area contributed by atoms with Crippen LogP contribution in [0.1, 0.15) is 223 Å². The summed E-state index contributed by atoms with van der Waals surface area (Å²) in [6.07, 6.45) is 6.06. The molecule has 0 bridgehead atoms. The van der Waals surface area contributed by atoms with Crippen LogP contribution >= 0.6 is 0 Å². The number of rotatable bonds is 18. The second kappa shape index (κ2) is 49.7. The minimum atomic E-state index is -1.09. The Morgan fingerprint density at radius 2 is 0.407 bits per heavy atom. The second-order valence-corrected chi connectivity index (χ2v) is 35.8. The maximum absolute atomic E-state index is 13.1. The molecule has 0 saturated carbocycles. The Morgan fingerprint density at radius 1 is 0.252 bits per heavy atom. The number of aliphatic hydroxyl groups is 7. The summed E-state index contributed by atoms with van der Waals surface area (Å²) in [6.45, 7) is 39.1. The first-order valence-electron chi connectivity index (χ1n) is 44.5. The average Bonchev–Trinajstić information content (AvgIpc) is 1.65. The maximum Gasteiger partial charge on any atom is 0.129 e. The van der Waals surface area contributed by atoms with Gasteiger partial charge >= 0.3 is 0 Å². The SMILES string of the molecule is CC(C)c1ccc(N2CCC(F)C(O)C2)cn1.CC(C)c1ccc(N2CC[C@@H](F)[C@@H](O)C2)cn1.CC(C)c1ccc(N2CC[C@@H](F)[C@H](O)C2)cn1.CC(C)c1ccc(N2CC[C@H](F)[C@@H](O)C2)cn1.CC(C)c1ccc(N2CC[C@H](F)[C@H](O)C2)cn1.COCC1CN(c2ccc(C(C)C)nc2)CCC1O.COC[C@H]1CN(c2ccc(C(C)C)nc2)CC[C@H]1O. The molecule has 123 heavy (non-hydrogen) atoms. The first-order valence-corrected chi connectivity index (χ1v) is 44.5. The number of anilines is 7. The fourth-order valence-corrected chi connectivity index (χ4v) is 15.4. The molecule has 0 aromatic carbocycles. The van der Waals surface area contributed by atoms with E-state index in [2.05, 4.69) is 166 Å². The number of methoxy groups -OCH3 is 2. The standard InChI is InChI=1S/2C15H24N2O2.5C13H19FN2O/c2*1-11(2)14-5-4-13(8-16-14)17-7-6-15(18)12(9-17)10-19-3;5*1-9(2)12-4-3-10(7-15-12)16-6-5-11(14)13(17)8-16/h2*4-5,8,11-12,15,18H,6-7,9-10H2,1-3H3;5*3-4,7,9,11,13,17H,5-6,8H2,1-2H3/t12-,15-;;2*11-,13+;2*11-,13-;/m1.1010./s1. The second-order valence-electron chi connectivity index (χ2n) is 35.8. The molecule has 14 atom stereocenters. The zero-order chi connectivity index (χ0) is 89.7. The summed E-state index contributed by atoms with van der Waals surface area (Å²) in [5.74, 6) is 3.32. The minimum Gasteiger partial charge on any atom is -0.393 e. The molecule has 28 heteroatoms. The largest absolute Gasteiger partial charge is 0.393 e. The monoisotopic (exact) mass is 1720 g/mol. The van der Waals surface area contributed by atoms with Crippen LogP contribution in [0.25, 0.3) is 0 Å². The van der Waals surface area contributed by atoms with E-state index in [-0.39, 0.29) is 24.0 Å². The van der Waals surface area contributed by atoms with Gasteiger partial charge in [-0.3, -0.25) is 34.9 Å². The van der Waals surface area contributed by atoms with Crippen molar-refractivity contribution in [3.05, 3.63) is 168 Å². The Balaban J connectivity index is 0.000000178. The smallest absolute Gasteiger partial charge is 0.129 e. The molecule has 14 heterocycles. The van der Waals surface area contributed by atoms with Crippen molar-refractivity contribution >= 4 is 39.8 Å². The van der Waals surface area contributed by atoms with E-state index < -0.39 is 61.4 Å². The Bertz CT molecular complexity index is 3580. The highest BCUT2D eigenvalue weighted by atomic mass is 19.2. The third kappa shape index (κ3) is 30.9. The molecular formula is C95H143F5N14O9. The highest BCUT2D eigenvalue weighted by Crippen LogP contribution is 2.32. The highest BCUT2D eigenvalue weighted by Gasteiger charge is 2.34. The summed E-state index contributed by atoms with van der Waals surface area (Å²) >= 11 is 0. The fraction of sp³-hybridized carbons (Fsp3) is 0.632. The van der Waals surface area contributed by atoms with E-state index in [1.54, 1.807) is 45.2 Å². The minimum absolute atomic E-state index is 0.184. The van der Waals surface area contributed by atoms with Gasteiger partial charge < -0.3 is 79.5 Å². The van der Waals surface area contributed by atoms with Gasteiger partial charge in [0.15, 0.2) is 0 Å². The lowest BCUT2D eigenvalue weighted by atomic mass is 9.95. The van der Waals surface area contributed by atoms with E-state index in [0.717, 1.165) is 119 Å². The van der Waals surface area contributed by atoms with Crippen LogP contribution in [0.4, 0.5) is 61.8 Å². The van der Waals surface area contributed by atoms with E-state index in [1.807, 2.05) is 97.6 Å². The molecule has 0 amide bonds. The number of β-amino-alcohol motifs (C(OH)–C–C–N with tert-alkyl or cyclic N) is 5. The summed E-state index contributed by atoms with van der Waals surface area (Å²) in [7, 11) is 3.37. The number of hydrogen-bond donors (Lipinski definition) is 7. The molecule has 23 nitrogen and oxygen atoms in total. The molecule has 0 radical (unpaired) electrons. The number of piperidine rings is 7. The molecule has 7 aromatic heterocycles. The molecule has 0 spiro atoms. The van der Waals surface area contributed by atoms with E-state index >= 15 is 0 Å². The third-order valence-corrected chi connectivity index (χ3v) is 23.7. The van der Waals surface area contributed by atoms with E-state index in [0.29, 0.717) is 152 Å². The molecule has 7 aromatic rings. The van der Waals surface area contributed by atoms with Gasteiger partial charge in [0, 0.05) is 158 Å². The zero-order valence-electron chi connectivity index (χ0n) is 75.6. The summed E-state index contributed by atoms with van der Waals surface area (Å²) in [5.41, 5.74) is 14.6. The Morgan fingerprint density at radius 3 is 0.537 bits per heavy atom. The van der Waals surface area contributed by atoms with Gasteiger partial charge in [-0.25, -0.2) is 22.0 Å². The van der Waals surface area contributed by atoms with Gasteiger partial charge in [-0.2, -0.15) is 0 Å². The van der Waals surface area contributed by atoms with Gasteiger partial charge in [-0.1, -0.05) is 96.9 Å². The number of hydrogen-bond acceptors (Lipinski definition) is 23. The number of pyridine rings is 7. The molecule has 4 unspecified atom stereocenters. The molecule has 0 aliphatic carbocycles. The van der Waals surface area contributed by atoms with Crippen molar-refractivity contribution < 1.29 is 67.2 Å². The van der Waals surface area contributed by atoms with Crippen molar-refractivity contribution in [1.29, 1.82) is 0 Å². The lowest BCUT2D eigenvalue weighted by Crippen LogP contribution is -2.45.